The first-order valence-corrected chi connectivity index (χ1v) is 6.14. The van der Waals surface area contributed by atoms with E-state index in [0.29, 0.717) is 10.7 Å². The number of hydrogen-bond acceptors (Lipinski definition) is 5. The van der Waals surface area contributed by atoms with Gasteiger partial charge in [0.1, 0.15) is 11.3 Å². The molecule has 0 aliphatic heterocycles. The maximum atomic E-state index is 13.6. The minimum Gasteiger partial charge on any atom is -0.320 e. The summed E-state index contributed by atoms with van der Waals surface area (Å²) in [6.45, 7) is 0.198. The molecule has 0 aliphatic carbocycles. The molecule has 0 spiro atoms. The second-order valence-electron chi connectivity index (χ2n) is 3.40. The Morgan fingerprint density at radius 2 is 2.37 bits per heavy atom. The van der Waals surface area contributed by atoms with Crippen LogP contribution in [0.4, 0.5) is 9.52 Å². The molecule has 0 fully saturated rings. The van der Waals surface area contributed by atoms with E-state index in [9.17, 15) is 9.18 Å². The average molecular weight is 276 g/mol. The Kier molecular flexibility index (Phi) is 4.18. The zero-order valence-corrected chi connectivity index (χ0v) is 10.5. The van der Waals surface area contributed by atoms with Crippen molar-refractivity contribution in [2.75, 3.05) is 11.9 Å². The van der Waals surface area contributed by atoms with Crippen LogP contribution in [-0.4, -0.2) is 22.6 Å². The van der Waals surface area contributed by atoms with E-state index in [1.165, 1.54) is 23.7 Å². The third-order valence-electron chi connectivity index (χ3n) is 2.13. The molecule has 5 nitrogen and oxygen atoms in total. The number of nitrogens with two attached hydrogens (primary N) is 1. The minimum absolute atomic E-state index is 0.0981. The smallest absolute Gasteiger partial charge is 0.260 e. The van der Waals surface area contributed by atoms with E-state index in [1.807, 2.05) is 0 Å². The number of nitrogens with one attached hydrogen (secondary N) is 1. The van der Waals surface area contributed by atoms with Gasteiger partial charge in [-0.1, -0.05) is 23.2 Å². The fourth-order valence-corrected chi connectivity index (χ4v) is 1.76. The summed E-state index contributed by atoms with van der Waals surface area (Å²) in [7, 11) is 0. The fourth-order valence-electron chi connectivity index (χ4n) is 1.32. The van der Waals surface area contributed by atoms with Gasteiger partial charge in [-0.2, -0.15) is 0 Å². The number of amides is 1. The van der Waals surface area contributed by atoms with Gasteiger partial charge in [-0.25, -0.2) is 4.39 Å². The van der Waals surface area contributed by atoms with Crippen molar-refractivity contribution in [2.24, 2.45) is 5.73 Å². The van der Waals surface area contributed by atoms with E-state index in [-0.39, 0.29) is 12.1 Å². The van der Waals surface area contributed by atoms with Crippen molar-refractivity contribution in [3.63, 3.8) is 0 Å². The molecule has 7 heteroatoms. The van der Waals surface area contributed by atoms with Gasteiger partial charge in [0.05, 0.1) is 12.1 Å². The highest BCUT2D eigenvalue weighted by atomic mass is 32.1. The third-order valence-corrected chi connectivity index (χ3v) is 2.73. The molecule has 1 heterocycles. The molecule has 0 bridgehead atoms. The van der Waals surface area contributed by atoms with Crippen LogP contribution in [-0.2, 0) is 0 Å². The summed E-state index contributed by atoms with van der Waals surface area (Å²) in [6.07, 6.45) is 0. The number of carbonyl (C=O) groups is 1. The maximum absolute atomic E-state index is 13.6. The number of anilines is 1. The lowest BCUT2D eigenvalue weighted by Crippen LogP contribution is -2.14. The molecule has 0 radical (unpaired) electrons. The number of rotatable bonds is 2. The largest absolute Gasteiger partial charge is 0.320 e. The fraction of sp³-hybridized carbons (Fsp3) is 0.0833. The Hall–Kier alpha value is -2.30. The molecule has 0 saturated carbocycles. The van der Waals surface area contributed by atoms with Crippen LogP contribution in [0.5, 0.6) is 0 Å². The molecule has 0 unspecified atom stereocenters. The lowest BCUT2D eigenvalue weighted by molar-refractivity contribution is 0.102. The number of nitrogens with zero attached hydrogens (tertiary/aromatic N) is 2. The van der Waals surface area contributed by atoms with Gasteiger partial charge in [0.15, 0.2) is 0 Å². The van der Waals surface area contributed by atoms with E-state index in [1.54, 1.807) is 0 Å². The monoisotopic (exact) mass is 276 g/mol. The zero-order chi connectivity index (χ0) is 13.7. The van der Waals surface area contributed by atoms with E-state index < -0.39 is 11.7 Å². The van der Waals surface area contributed by atoms with E-state index in [2.05, 4.69) is 27.4 Å². The molecule has 1 amide bonds. The Bertz CT molecular complexity index is 645. The van der Waals surface area contributed by atoms with Gasteiger partial charge in [0, 0.05) is 5.56 Å². The third kappa shape index (κ3) is 3.34. The Morgan fingerprint density at radius 3 is 3.05 bits per heavy atom. The summed E-state index contributed by atoms with van der Waals surface area (Å²) < 4.78 is 13.6. The Labute approximate surface area is 112 Å². The van der Waals surface area contributed by atoms with Gasteiger partial charge < -0.3 is 5.73 Å². The second-order valence-corrected chi connectivity index (χ2v) is 4.23. The molecule has 3 N–H and O–H groups in total. The van der Waals surface area contributed by atoms with Crippen molar-refractivity contribution in [1.82, 2.24) is 10.2 Å². The molecule has 1 aromatic carbocycles. The molecule has 1 aromatic heterocycles. The summed E-state index contributed by atoms with van der Waals surface area (Å²) in [4.78, 5) is 11.9. The Morgan fingerprint density at radius 1 is 1.53 bits per heavy atom. The van der Waals surface area contributed by atoms with E-state index >= 15 is 0 Å². The second kappa shape index (κ2) is 6.04. The van der Waals surface area contributed by atoms with Crippen LogP contribution in [0.1, 0.15) is 15.9 Å². The standard InChI is InChI=1S/C12H9FN4OS/c13-10-4-3-8(2-1-5-14)6-9(10)11(18)16-12-17-15-7-19-12/h3-4,6-7H,5,14H2,(H,16,17,18). The average Bonchev–Trinajstić information content (AvgIpc) is 2.90. The molecule has 0 atom stereocenters. The predicted octanol–water partition coefficient (Wildman–Crippen LogP) is 1.24. The number of benzene rings is 1. The molecular weight excluding hydrogens is 267 g/mol. The number of aromatic nitrogens is 2. The Balaban J connectivity index is 2.25. The summed E-state index contributed by atoms with van der Waals surface area (Å²) in [5, 5.41) is 9.99. The van der Waals surface area contributed by atoms with Crippen LogP contribution in [0.3, 0.4) is 0 Å². The van der Waals surface area contributed by atoms with Crippen LogP contribution in [0.15, 0.2) is 23.7 Å². The van der Waals surface area contributed by atoms with Crippen molar-refractivity contribution in [2.45, 2.75) is 0 Å². The molecule has 96 valence electrons. The van der Waals surface area contributed by atoms with E-state index in [0.717, 1.165) is 11.3 Å². The first kappa shape index (κ1) is 13.1. The normalized spacial score (nSPS) is 9.58. The highest BCUT2D eigenvalue weighted by Crippen LogP contribution is 2.14. The zero-order valence-electron chi connectivity index (χ0n) is 9.68. The highest BCUT2D eigenvalue weighted by Gasteiger charge is 2.13. The molecule has 2 aromatic rings. The van der Waals surface area contributed by atoms with Crippen LogP contribution in [0, 0.1) is 17.7 Å². The van der Waals surface area contributed by atoms with Crippen molar-refractivity contribution < 1.29 is 9.18 Å². The molecule has 19 heavy (non-hydrogen) atoms. The van der Waals surface area contributed by atoms with Gasteiger partial charge in [0.25, 0.3) is 5.91 Å². The summed E-state index contributed by atoms with van der Waals surface area (Å²) >= 11 is 1.15. The van der Waals surface area contributed by atoms with Gasteiger partial charge in [0.2, 0.25) is 5.13 Å². The molecule has 2 rings (SSSR count). The van der Waals surface area contributed by atoms with Gasteiger partial charge in [-0.3, -0.25) is 10.1 Å². The summed E-state index contributed by atoms with van der Waals surface area (Å²) in [5.41, 5.74) is 7.15. The highest BCUT2D eigenvalue weighted by molar-refractivity contribution is 7.13. The first-order chi connectivity index (χ1) is 9.20. The van der Waals surface area contributed by atoms with Gasteiger partial charge in [-0.15, -0.1) is 10.2 Å². The van der Waals surface area contributed by atoms with Crippen molar-refractivity contribution >= 4 is 22.4 Å². The summed E-state index contributed by atoms with van der Waals surface area (Å²) in [6, 6.07) is 4.05. The maximum Gasteiger partial charge on any atom is 0.260 e. The van der Waals surface area contributed by atoms with Gasteiger partial charge >= 0.3 is 0 Å². The van der Waals surface area contributed by atoms with Crippen molar-refractivity contribution in [3.05, 3.63) is 40.7 Å². The quantitative estimate of drug-likeness (QED) is 0.809. The minimum atomic E-state index is -0.625. The predicted molar refractivity (Wildman–Crippen MR) is 70.2 cm³/mol. The summed E-state index contributed by atoms with van der Waals surface area (Å²) in [5.74, 6) is 4.16. The van der Waals surface area contributed by atoms with Gasteiger partial charge in [-0.05, 0) is 18.2 Å². The van der Waals surface area contributed by atoms with Crippen molar-refractivity contribution in [3.8, 4) is 11.8 Å². The number of hydrogen-bond donors (Lipinski definition) is 2. The van der Waals surface area contributed by atoms with Crippen molar-refractivity contribution in [1.29, 1.82) is 0 Å². The molecular formula is C12H9FN4OS. The SMILES string of the molecule is NCC#Cc1ccc(F)c(C(=O)Nc2nncs2)c1. The van der Waals surface area contributed by atoms with Crippen LogP contribution in [0.2, 0.25) is 0 Å². The van der Waals surface area contributed by atoms with Crippen LogP contribution in [0.25, 0.3) is 0 Å². The number of halogens is 1. The molecule has 0 saturated heterocycles. The lowest BCUT2D eigenvalue weighted by atomic mass is 10.1. The molecule has 0 aliphatic rings. The first-order valence-electron chi connectivity index (χ1n) is 5.26. The number of carbonyl (C=O) groups excluding carboxylic acids is 1. The van der Waals surface area contributed by atoms with Crippen LogP contribution >= 0.6 is 11.3 Å². The van der Waals surface area contributed by atoms with Crippen LogP contribution < -0.4 is 11.1 Å². The van der Waals surface area contributed by atoms with E-state index in [4.69, 9.17) is 5.73 Å². The topological polar surface area (TPSA) is 80.9 Å². The lowest BCUT2D eigenvalue weighted by Gasteiger charge is -2.03.